The van der Waals surface area contributed by atoms with E-state index in [4.69, 9.17) is 0 Å². The van der Waals surface area contributed by atoms with E-state index in [0.29, 0.717) is 31.0 Å². The predicted octanol–water partition coefficient (Wildman–Crippen LogP) is 2.79. The van der Waals surface area contributed by atoms with E-state index in [9.17, 15) is 13.2 Å². The van der Waals surface area contributed by atoms with E-state index in [-0.39, 0.29) is 5.69 Å². The maximum absolute atomic E-state index is 13.8. The molecule has 0 aliphatic carbocycles. The molecule has 0 spiro atoms. The van der Waals surface area contributed by atoms with Crippen LogP contribution in [0.5, 0.6) is 0 Å². The number of halogens is 3. The van der Waals surface area contributed by atoms with Crippen LogP contribution in [-0.4, -0.2) is 26.2 Å². The molecule has 0 aromatic heterocycles. The summed E-state index contributed by atoms with van der Waals surface area (Å²) in [4.78, 5) is 1.81. The molecule has 1 aromatic carbocycles. The van der Waals surface area contributed by atoms with E-state index in [1.165, 1.54) is 0 Å². The zero-order valence-corrected chi connectivity index (χ0v) is 11.2. The summed E-state index contributed by atoms with van der Waals surface area (Å²) >= 11 is 0. The Balaban J connectivity index is 2.28. The van der Waals surface area contributed by atoms with Crippen LogP contribution in [0.25, 0.3) is 0 Å². The lowest BCUT2D eigenvalue weighted by molar-refractivity contribution is 0.406. The molecule has 0 bridgehead atoms. The third-order valence-electron chi connectivity index (χ3n) is 3.38. The maximum Gasteiger partial charge on any atom is 0.161 e. The lowest BCUT2D eigenvalue weighted by Gasteiger charge is -2.33. The van der Waals surface area contributed by atoms with Gasteiger partial charge in [-0.3, -0.25) is 0 Å². The van der Waals surface area contributed by atoms with Crippen molar-refractivity contribution in [2.24, 2.45) is 11.8 Å². The van der Waals surface area contributed by atoms with Crippen molar-refractivity contribution in [3.63, 3.8) is 0 Å². The summed E-state index contributed by atoms with van der Waals surface area (Å²) in [5.74, 6) is -2.21. The molecule has 2 rings (SSSR count). The van der Waals surface area contributed by atoms with Gasteiger partial charge in [0.2, 0.25) is 0 Å². The Morgan fingerprint density at radius 2 is 1.47 bits per heavy atom. The van der Waals surface area contributed by atoms with Crippen LogP contribution >= 0.6 is 0 Å². The highest BCUT2D eigenvalue weighted by Gasteiger charge is 2.21. The summed E-state index contributed by atoms with van der Waals surface area (Å²) < 4.78 is 40.1. The first-order valence-electron chi connectivity index (χ1n) is 6.57. The van der Waals surface area contributed by atoms with E-state index in [2.05, 4.69) is 5.32 Å². The van der Waals surface area contributed by atoms with Crippen LogP contribution in [-0.2, 0) is 0 Å². The molecule has 1 aliphatic heterocycles. The monoisotopic (exact) mass is 272 g/mol. The molecule has 2 atom stereocenters. The highest BCUT2D eigenvalue weighted by atomic mass is 19.2. The van der Waals surface area contributed by atoms with E-state index in [1.807, 2.05) is 18.7 Å². The lowest BCUT2D eigenvalue weighted by atomic mass is 10.0. The fourth-order valence-corrected chi connectivity index (χ4v) is 2.48. The molecular weight excluding hydrogens is 253 g/mol. The lowest BCUT2D eigenvalue weighted by Crippen LogP contribution is -2.43. The zero-order valence-electron chi connectivity index (χ0n) is 11.2. The maximum atomic E-state index is 13.8. The number of hydrogen-bond donors (Lipinski definition) is 1. The van der Waals surface area contributed by atoms with E-state index in [0.717, 1.165) is 19.2 Å². The second-order valence-electron chi connectivity index (χ2n) is 5.49. The van der Waals surface area contributed by atoms with Crippen LogP contribution in [0.15, 0.2) is 12.1 Å². The molecule has 1 heterocycles. The van der Waals surface area contributed by atoms with Gasteiger partial charge in [0.05, 0.1) is 5.69 Å². The molecule has 0 radical (unpaired) electrons. The van der Waals surface area contributed by atoms with Gasteiger partial charge in [-0.15, -0.1) is 0 Å². The minimum Gasteiger partial charge on any atom is -0.368 e. The average Bonchev–Trinajstić information content (AvgIpc) is 2.31. The average molecular weight is 272 g/mol. The van der Waals surface area contributed by atoms with Crippen LogP contribution in [0.2, 0.25) is 0 Å². The van der Waals surface area contributed by atoms with Crippen molar-refractivity contribution in [1.82, 2.24) is 5.32 Å². The van der Waals surface area contributed by atoms with Crippen molar-refractivity contribution >= 4 is 5.69 Å². The molecule has 106 valence electrons. The number of nitrogens with one attached hydrogen (secondary N) is 1. The first kappa shape index (κ1) is 14.2. The number of nitrogens with zero attached hydrogens (tertiary/aromatic N) is 1. The molecule has 1 aliphatic rings. The normalized spacial score (nSPS) is 25.0. The molecule has 1 fully saturated rings. The summed E-state index contributed by atoms with van der Waals surface area (Å²) in [6, 6.07) is 1.58. The first-order valence-corrected chi connectivity index (χ1v) is 6.57. The van der Waals surface area contributed by atoms with Gasteiger partial charge in [0.1, 0.15) is 5.82 Å². The number of anilines is 1. The minimum atomic E-state index is -1.14. The van der Waals surface area contributed by atoms with Gasteiger partial charge in [-0.2, -0.15) is 0 Å². The summed E-state index contributed by atoms with van der Waals surface area (Å²) in [7, 11) is 0. The number of hydrogen-bond acceptors (Lipinski definition) is 2. The van der Waals surface area contributed by atoms with Gasteiger partial charge in [0.25, 0.3) is 0 Å². The summed E-state index contributed by atoms with van der Waals surface area (Å²) in [6.45, 7) is 7.03. The second kappa shape index (κ2) is 5.82. The van der Waals surface area contributed by atoms with Crippen LogP contribution in [0, 0.1) is 29.3 Å². The van der Waals surface area contributed by atoms with Gasteiger partial charge in [-0.05, 0) is 24.9 Å². The van der Waals surface area contributed by atoms with Crippen molar-refractivity contribution in [3.05, 3.63) is 29.6 Å². The van der Waals surface area contributed by atoms with Gasteiger partial charge in [0.15, 0.2) is 11.6 Å². The Labute approximate surface area is 111 Å². The van der Waals surface area contributed by atoms with Crippen LogP contribution in [0.1, 0.15) is 13.8 Å². The summed E-state index contributed by atoms with van der Waals surface area (Å²) in [5, 5.41) is 3.34. The molecule has 1 saturated heterocycles. The van der Waals surface area contributed by atoms with Crippen molar-refractivity contribution in [3.8, 4) is 0 Å². The largest absolute Gasteiger partial charge is 0.368 e. The Morgan fingerprint density at radius 3 is 2.05 bits per heavy atom. The van der Waals surface area contributed by atoms with Gasteiger partial charge >= 0.3 is 0 Å². The Morgan fingerprint density at radius 1 is 0.947 bits per heavy atom. The number of rotatable bonds is 1. The molecule has 1 N–H and O–H groups in total. The Kier molecular flexibility index (Phi) is 4.34. The SMILES string of the molecule is CC1CNCC(C)CN(c2cc(F)c(F)cc2F)C1. The zero-order chi connectivity index (χ0) is 14.0. The van der Waals surface area contributed by atoms with Crippen LogP contribution < -0.4 is 10.2 Å². The third-order valence-corrected chi connectivity index (χ3v) is 3.38. The van der Waals surface area contributed by atoms with Crippen molar-refractivity contribution in [1.29, 1.82) is 0 Å². The molecule has 2 unspecified atom stereocenters. The highest BCUT2D eigenvalue weighted by molar-refractivity contribution is 5.48. The number of benzene rings is 1. The van der Waals surface area contributed by atoms with E-state index in [1.54, 1.807) is 0 Å². The van der Waals surface area contributed by atoms with Gasteiger partial charge in [-0.25, -0.2) is 13.2 Å². The van der Waals surface area contributed by atoms with Crippen molar-refractivity contribution < 1.29 is 13.2 Å². The molecule has 0 saturated carbocycles. The van der Waals surface area contributed by atoms with Gasteiger partial charge in [0, 0.05) is 25.2 Å². The summed E-state index contributed by atoms with van der Waals surface area (Å²) in [5.41, 5.74) is 0.152. The first-order chi connectivity index (χ1) is 8.97. The molecular formula is C14H19F3N2. The minimum absolute atomic E-state index is 0.152. The van der Waals surface area contributed by atoms with E-state index >= 15 is 0 Å². The molecule has 1 aromatic rings. The molecule has 2 nitrogen and oxygen atoms in total. The smallest absolute Gasteiger partial charge is 0.161 e. The highest BCUT2D eigenvalue weighted by Crippen LogP contribution is 2.25. The standard InChI is InChI=1S/C14H19F3N2/c1-9-5-18-6-10(2)8-19(7-9)14-4-12(16)11(15)3-13(14)17/h3-4,9-10,18H,5-8H2,1-2H3. The van der Waals surface area contributed by atoms with Crippen LogP contribution in [0.4, 0.5) is 18.9 Å². The Bertz CT molecular complexity index is 439. The third kappa shape index (κ3) is 3.41. The summed E-state index contributed by atoms with van der Waals surface area (Å²) in [6.07, 6.45) is 0. The molecule has 19 heavy (non-hydrogen) atoms. The molecule has 0 amide bonds. The molecule has 5 heteroatoms. The van der Waals surface area contributed by atoms with Gasteiger partial charge in [-0.1, -0.05) is 13.8 Å². The second-order valence-corrected chi connectivity index (χ2v) is 5.49. The quantitative estimate of drug-likeness (QED) is 0.791. The Hall–Kier alpha value is -1.23. The van der Waals surface area contributed by atoms with Crippen molar-refractivity contribution in [2.45, 2.75) is 13.8 Å². The fraction of sp³-hybridized carbons (Fsp3) is 0.571. The fourth-order valence-electron chi connectivity index (χ4n) is 2.48. The van der Waals surface area contributed by atoms with E-state index < -0.39 is 17.5 Å². The van der Waals surface area contributed by atoms with Gasteiger partial charge < -0.3 is 10.2 Å². The van der Waals surface area contributed by atoms with Crippen molar-refractivity contribution in [2.75, 3.05) is 31.1 Å². The van der Waals surface area contributed by atoms with Crippen LogP contribution in [0.3, 0.4) is 0 Å². The topological polar surface area (TPSA) is 15.3 Å². The predicted molar refractivity (Wildman–Crippen MR) is 69.7 cm³/mol.